The van der Waals surface area contributed by atoms with E-state index in [1.165, 1.54) is 9.80 Å². The summed E-state index contributed by atoms with van der Waals surface area (Å²) in [7, 11) is 1.67. The molecule has 4 aromatic rings. The Labute approximate surface area is 255 Å². The van der Waals surface area contributed by atoms with Gasteiger partial charge in [-0.15, -0.1) is 0 Å². The van der Waals surface area contributed by atoms with Gasteiger partial charge in [-0.2, -0.15) is 4.98 Å². The Kier molecular flexibility index (Phi) is 11.0. The van der Waals surface area contributed by atoms with E-state index in [2.05, 4.69) is 20.6 Å². The first-order valence-corrected chi connectivity index (χ1v) is 14.4. The number of carbonyl (C=O) groups is 3. The van der Waals surface area contributed by atoms with E-state index >= 15 is 0 Å². The lowest BCUT2D eigenvalue weighted by Gasteiger charge is -2.25. The second kappa shape index (κ2) is 15.3. The standard InChI is InChI=1S/C32H36N6O6/c1-4-38(32(42)37(3)20-17-24-13-8-9-18-33-24)30-36-26-16-15-25(22(2)28(26)29(40)44-30)35-27(39)14-10-19-34-31(41)43-21-23-11-6-5-7-12-23/h5-9,11-13,15-16,18H,4,10,14,17,19-21H2,1-3H3,(H,34,41)(H,35,39). The summed E-state index contributed by atoms with van der Waals surface area (Å²) in [5, 5.41) is 5.64. The zero-order valence-electron chi connectivity index (χ0n) is 25.0. The van der Waals surface area contributed by atoms with E-state index in [4.69, 9.17) is 9.15 Å². The van der Waals surface area contributed by atoms with Gasteiger partial charge in [0.15, 0.2) is 0 Å². The first-order chi connectivity index (χ1) is 21.3. The lowest BCUT2D eigenvalue weighted by atomic mass is 10.1. The molecule has 0 radical (unpaired) electrons. The van der Waals surface area contributed by atoms with Crippen LogP contribution in [0.1, 0.15) is 36.6 Å². The van der Waals surface area contributed by atoms with Crippen LogP contribution in [-0.4, -0.2) is 59.6 Å². The quantitative estimate of drug-likeness (QED) is 0.223. The largest absolute Gasteiger partial charge is 0.445 e. The Bertz CT molecular complexity index is 1640. The smallest absolute Gasteiger partial charge is 0.407 e. The molecule has 0 aliphatic rings. The van der Waals surface area contributed by atoms with Crippen molar-refractivity contribution in [3.05, 3.63) is 94.1 Å². The molecular weight excluding hydrogens is 564 g/mol. The molecule has 0 fully saturated rings. The molecule has 44 heavy (non-hydrogen) atoms. The van der Waals surface area contributed by atoms with E-state index in [1.807, 2.05) is 48.5 Å². The summed E-state index contributed by atoms with van der Waals surface area (Å²) >= 11 is 0. The number of benzene rings is 2. The first-order valence-electron chi connectivity index (χ1n) is 14.4. The maximum atomic E-state index is 13.2. The second-order valence-electron chi connectivity index (χ2n) is 10.1. The highest BCUT2D eigenvalue weighted by atomic mass is 16.5. The van der Waals surface area contributed by atoms with Gasteiger partial charge < -0.3 is 24.7 Å². The summed E-state index contributed by atoms with van der Waals surface area (Å²) < 4.78 is 10.7. The fourth-order valence-corrected chi connectivity index (χ4v) is 4.47. The molecule has 0 aliphatic heterocycles. The molecule has 0 spiro atoms. The zero-order chi connectivity index (χ0) is 31.5. The minimum atomic E-state index is -0.667. The van der Waals surface area contributed by atoms with Crippen LogP contribution in [0.25, 0.3) is 10.9 Å². The Morgan fingerprint density at radius 1 is 1.02 bits per heavy atom. The minimum Gasteiger partial charge on any atom is -0.445 e. The minimum absolute atomic E-state index is 0.106. The number of carbonyl (C=O) groups excluding carboxylic acids is 3. The molecule has 2 aromatic heterocycles. The van der Waals surface area contributed by atoms with Gasteiger partial charge in [-0.05, 0) is 55.7 Å². The lowest BCUT2D eigenvalue weighted by molar-refractivity contribution is -0.116. The van der Waals surface area contributed by atoms with Crippen LogP contribution in [0.15, 0.2) is 76.1 Å². The maximum absolute atomic E-state index is 13.2. The van der Waals surface area contributed by atoms with Crippen molar-refractivity contribution in [1.29, 1.82) is 0 Å². The molecule has 0 saturated carbocycles. The molecule has 2 aromatic carbocycles. The Hall–Kier alpha value is -5.26. The summed E-state index contributed by atoms with van der Waals surface area (Å²) in [5.41, 5.74) is 2.35. The molecule has 0 atom stereocenters. The van der Waals surface area contributed by atoms with Crippen molar-refractivity contribution in [1.82, 2.24) is 20.2 Å². The highest BCUT2D eigenvalue weighted by Crippen LogP contribution is 2.24. The number of ether oxygens (including phenoxy) is 1. The third kappa shape index (κ3) is 8.40. The SMILES string of the molecule is CCN(C(=O)N(C)CCc1ccccn1)c1nc2ccc(NC(=O)CCCNC(=O)OCc3ccccc3)c(C)c2c(=O)o1. The van der Waals surface area contributed by atoms with Gasteiger partial charge in [0.05, 0.1) is 10.9 Å². The van der Waals surface area contributed by atoms with E-state index in [0.29, 0.717) is 36.2 Å². The van der Waals surface area contributed by atoms with Gasteiger partial charge in [0.2, 0.25) is 5.91 Å². The molecule has 4 amide bonds. The van der Waals surface area contributed by atoms with Crippen molar-refractivity contribution < 1.29 is 23.5 Å². The van der Waals surface area contributed by atoms with Crippen LogP contribution < -0.4 is 21.2 Å². The number of anilines is 2. The van der Waals surface area contributed by atoms with Crippen LogP contribution in [-0.2, 0) is 22.6 Å². The molecule has 230 valence electrons. The van der Waals surface area contributed by atoms with Crippen LogP contribution in [0.2, 0.25) is 0 Å². The number of aromatic nitrogens is 2. The fourth-order valence-electron chi connectivity index (χ4n) is 4.47. The number of nitrogens with zero attached hydrogens (tertiary/aromatic N) is 4. The monoisotopic (exact) mass is 600 g/mol. The third-order valence-corrected chi connectivity index (χ3v) is 6.92. The third-order valence-electron chi connectivity index (χ3n) is 6.92. The number of likely N-dealkylation sites (N-methyl/N-ethyl adjacent to an activating group) is 1. The molecule has 0 aliphatic carbocycles. The van der Waals surface area contributed by atoms with Crippen LogP contribution in [0.4, 0.5) is 21.3 Å². The summed E-state index contributed by atoms with van der Waals surface area (Å²) in [6, 6.07) is 17.7. The normalized spacial score (nSPS) is 10.7. The number of alkyl carbamates (subject to hydrolysis) is 1. The topological polar surface area (TPSA) is 147 Å². The van der Waals surface area contributed by atoms with Crippen molar-refractivity contribution in [3.63, 3.8) is 0 Å². The number of hydrogen-bond donors (Lipinski definition) is 2. The molecule has 2 heterocycles. The number of hydrogen-bond acceptors (Lipinski definition) is 8. The van der Waals surface area contributed by atoms with Crippen molar-refractivity contribution >= 4 is 40.6 Å². The summed E-state index contributed by atoms with van der Waals surface area (Å²) in [5.74, 6) is -0.280. The summed E-state index contributed by atoms with van der Waals surface area (Å²) in [6.45, 7) is 4.54. The number of pyridine rings is 1. The Morgan fingerprint density at radius 3 is 2.52 bits per heavy atom. The number of urea groups is 1. The first kappa shape index (κ1) is 31.7. The van der Waals surface area contributed by atoms with Crippen molar-refractivity contribution in [2.45, 2.75) is 39.7 Å². The van der Waals surface area contributed by atoms with Crippen molar-refractivity contribution in [2.75, 3.05) is 36.9 Å². The number of nitrogens with one attached hydrogen (secondary N) is 2. The predicted octanol–water partition coefficient (Wildman–Crippen LogP) is 4.66. The second-order valence-corrected chi connectivity index (χ2v) is 10.1. The van der Waals surface area contributed by atoms with Crippen molar-refractivity contribution in [3.8, 4) is 0 Å². The van der Waals surface area contributed by atoms with E-state index in [0.717, 1.165) is 11.3 Å². The molecular formula is C32H36N6O6. The van der Waals surface area contributed by atoms with Gasteiger partial charge in [-0.25, -0.2) is 19.3 Å². The van der Waals surface area contributed by atoms with Gasteiger partial charge in [-0.3, -0.25) is 9.78 Å². The molecule has 12 nitrogen and oxygen atoms in total. The van der Waals surface area contributed by atoms with Gasteiger partial charge in [-0.1, -0.05) is 36.4 Å². The van der Waals surface area contributed by atoms with Crippen LogP contribution in [0.3, 0.4) is 0 Å². The Balaban J connectivity index is 1.32. The highest BCUT2D eigenvalue weighted by molar-refractivity contribution is 5.96. The predicted molar refractivity (Wildman–Crippen MR) is 166 cm³/mol. The lowest BCUT2D eigenvalue weighted by Crippen LogP contribution is -2.42. The van der Waals surface area contributed by atoms with Gasteiger partial charge in [0.1, 0.15) is 6.61 Å². The van der Waals surface area contributed by atoms with Gasteiger partial charge in [0, 0.05) is 57.1 Å². The molecule has 4 rings (SSSR count). The average molecular weight is 601 g/mol. The number of amides is 4. The molecule has 0 bridgehead atoms. The number of rotatable bonds is 12. The highest BCUT2D eigenvalue weighted by Gasteiger charge is 2.24. The van der Waals surface area contributed by atoms with Crippen LogP contribution >= 0.6 is 0 Å². The zero-order valence-corrected chi connectivity index (χ0v) is 25.0. The van der Waals surface area contributed by atoms with Gasteiger partial charge in [0.25, 0.3) is 0 Å². The Morgan fingerprint density at radius 2 is 1.80 bits per heavy atom. The summed E-state index contributed by atoms with van der Waals surface area (Å²) in [4.78, 5) is 62.3. The van der Waals surface area contributed by atoms with Crippen molar-refractivity contribution in [2.24, 2.45) is 0 Å². The number of aryl methyl sites for hydroxylation is 1. The average Bonchev–Trinajstić information content (AvgIpc) is 3.03. The van der Waals surface area contributed by atoms with E-state index in [1.54, 1.807) is 39.2 Å². The van der Waals surface area contributed by atoms with E-state index < -0.39 is 11.7 Å². The maximum Gasteiger partial charge on any atom is 0.407 e. The molecule has 0 unspecified atom stereocenters. The number of fused-ring (bicyclic) bond motifs is 1. The molecule has 0 saturated heterocycles. The molecule has 12 heteroatoms. The van der Waals surface area contributed by atoms with Crippen LogP contribution in [0, 0.1) is 6.92 Å². The fraction of sp³-hybridized carbons (Fsp3) is 0.312. The van der Waals surface area contributed by atoms with E-state index in [-0.39, 0.29) is 49.5 Å². The molecule has 2 N–H and O–H groups in total. The van der Waals surface area contributed by atoms with Gasteiger partial charge >= 0.3 is 23.8 Å². The summed E-state index contributed by atoms with van der Waals surface area (Å²) in [6.07, 6.45) is 2.25. The van der Waals surface area contributed by atoms with Crippen LogP contribution in [0.5, 0.6) is 0 Å². The van der Waals surface area contributed by atoms with E-state index in [9.17, 15) is 19.2 Å².